The molecule has 27 heavy (non-hydrogen) atoms. The fraction of sp³-hybridized carbons (Fsp3) is 0.190. The Kier molecular flexibility index (Phi) is 7.31. The Morgan fingerprint density at radius 1 is 1.04 bits per heavy atom. The second-order valence-electron chi connectivity index (χ2n) is 5.41. The average molecular weight is 369 g/mol. The first-order valence-corrected chi connectivity index (χ1v) is 8.24. The molecule has 0 saturated carbocycles. The number of carbonyl (C=O) groups is 1. The topological polar surface area (TPSA) is 66.0 Å². The van der Waals surface area contributed by atoms with E-state index in [1.54, 1.807) is 24.3 Å². The average Bonchev–Trinajstić information content (AvgIpc) is 2.70. The predicted molar refractivity (Wildman–Crippen MR) is 106 cm³/mol. The van der Waals surface area contributed by atoms with Crippen LogP contribution < -0.4 is 24.3 Å². The largest absolute Gasteiger partial charge is 0.493 e. The SMILES string of the molecule is C=CCOc1ccc(/C=C/C(=O)Nc2cc(OC)c(OC)c(OC)c2)cc1. The Balaban J connectivity index is 2.06. The molecular weight excluding hydrogens is 346 g/mol. The molecule has 2 rings (SSSR count). The lowest BCUT2D eigenvalue weighted by Crippen LogP contribution is -2.08. The highest BCUT2D eigenvalue weighted by Crippen LogP contribution is 2.39. The minimum atomic E-state index is -0.281. The van der Waals surface area contributed by atoms with E-state index in [4.69, 9.17) is 18.9 Å². The van der Waals surface area contributed by atoms with Crippen LogP contribution in [0.15, 0.2) is 55.1 Å². The van der Waals surface area contributed by atoms with Crippen molar-refractivity contribution < 1.29 is 23.7 Å². The molecule has 0 bridgehead atoms. The molecule has 0 radical (unpaired) electrons. The Morgan fingerprint density at radius 2 is 1.67 bits per heavy atom. The number of rotatable bonds is 9. The Hall–Kier alpha value is -3.41. The third kappa shape index (κ3) is 5.54. The van der Waals surface area contributed by atoms with Gasteiger partial charge in [-0.15, -0.1) is 0 Å². The molecule has 6 nitrogen and oxygen atoms in total. The van der Waals surface area contributed by atoms with Crippen LogP contribution in [0.25, 0.3) is 6.08 Å². The van der Waals surface area contributed by atoms with Gasteiger partial charge in [-0.3, -0.25) is 4.79 Å². The summed E-state index contributed by atoms with van der Waals surface area (Å²) < 4.78 is 21.2. The lowest BCUT2D eigenvalue weighted by atomic mass is 10.2. The molecule has 142 valence electrons. The molecule has 0 aliphatic heterocycles. The van der Waals surface area contributed by atoms with Gasteiger partial charge in [-0.25, -0.2) is 0 Å². The van der Waals surface area contributed by atoms with E-state index in [2.05, 4.69) is 11.9 Å². The van der Waals surface area contributed by atoms with Crippen molar-refractivity contribution in [3.8, 4) is 23.0 Å². The number of hydrogen-bond donors (Lipinski definition) is 1. The third-order valence-corrected chi connectivity index (χ3v) is 3.61. The van der Waals surface area contributed by atoms with Gasteiger partial charge in [0.15, 0.2) is 11.5 Å². The molecule has 2 aromatic carbocycles. The number of ether oxygens (including phenoxy) is 4. The lowest BCUT2D eigenvalue weighted by molar-refractivity contribution is -0.111. The van der Waals surface area contributed by atoms with E-state index in [9.17, 15) is 4.79 Å². The molecule has 0 aliphatic rings. The molecule has 6 heteroatoms. The van der Waals surface area contributed by atoms with Crippen molar-refractivity contribution in [2.24, 2.45) is 0 Å². The highest BCUT2D eigenvalue weighted by molar-refractivity contribution is 6.02. The summed E-state index contributed by atoms with van der Waals surface area (Å²) in [5, 5.41) is 2.78. The van der Waals surface area contributed by atoms with Gasteiger partial charge >= 0.3 is 0 Å². The van der Waals surface area contributed by atoms with Gasteiger partial charge in [0, 0.05) is 23.9 Å². The zero-order chi connectivity index (χ0) is 19.6. The minimum absolute atomic E-state index is 0.281. The van der Waals surface area contributed by atoms with E-state index in [-0.39, 0.29) is 5.91 Å². The predicted octanol–water partition coefficient (Wildman–Crippen LogP) is 3.93. The molecular formula is C21H23NO5. The van der Waals surface area contributed by atoms with E-state index in [1.165, 1.54) is 27.4 Å². The zero-order valence-electron chi connectivity index (χ0n) is 15.7. The van der Waals surface area contributed by atoms with Gasteiger partial charge in [0.05, 0.1) is 21.3 Å². The molecule has 0 unspecified atom stereocenters. The fourth-order valence-corrected chi connectivity index (χ4v) is 2.34. The molecule has 0 fully saturated rings. The minimum Gasteiger partial charge on any atom is -0.493 e. The Bertz CT molecular complexity index is 787. The van der Waals surface area contributed by atoms with Crippen LogP contribution in [0.2, 0.25) is 0 Å². The van der Waals surface area contributed by atoms with E-state index in [1.807, 2.05) is 24.3 Å². The molecule has 0 aromatic heterocycles. The maximum absolute atomic E-state index is 12.2. The zero-order valence-corrected chi connectivity index (χ0v) is 15.7. The van der Waals surface area contributed by atoms with Crippen LogP contribution >= 0.6 is 0 Å². The smallest absolute Gasteiger partial charge is 0.248 e. The summed E-state index contributed by atoms with van der Waals surface area (Å²) in [4.78, 5) is 12.2. The first kappa shape index (κ1) is 19.9. The van der Waals surface area contributed by atoms with Crippen LogP contribution in [-0.2, 0) is 4.79 Å². The van der Waals surface area contributed by atoms with Crippen molar-refractivity contribution in [1.82, 2.24) is 0 Å². The van der Waals surface area contributed by atoms with Gasteiger partial charge in [-0.05, 0) is 23.8 Å². The summed E-state index contributed by atoms with van der Waals surface area (Å²) in [6.07, 6.45) is 4.84. The number of amides is 1. The van der Waals surface area contributed by atoms with E-state index < -0.39 is 0 Å². The van der Waals surface area contributed by atoms with Crippen LogP contribution in [0.1, 0.15) is 5.56 Å². The first-order chi connectivity index (χ1) is 13.1. The molecule has 2 aromatic rings. The van der Waals surface area contributed by atoms with Crippen LogP contribution in [0.3, 0.4) is 0 Å². The van der Waals surface area contributed by atoms with Gasteiger partial charge in [0.1, 0.15) is 12.4 Å². The summed E-state index contributed by atoms with van der Waals surface area (Å²) in [5.41, 5.74) is 1.41. The van der Waals surface area contributed by atoms with Crippen molar-refractivity contribution in [2.45, 2.75) is 0 Å². The number of benzene rings is 2. The number of carbonyl (C=O) groups excluding carboxylic acids is 1. The summed E-state index contributed by atoms with van der Waals surface area (Å²) in [6.45, 7) is 4.06. The molecule has 0 aliphatic carbocycles. The van der Waals surface area contributed by atoms with Gasteiger partial charge in [-0.1, -0.05) is 24.8 Å². The second kappa shape index (κ2) is 9.91. The molecule has 0 atom stereocenters. The van der Waals surface area contributed by atoms with Crippen molar-refractivity contribution in [2.75, 3.05) is 33.3 Å². The number of methoxy groups -OCH3 is 3. The molecule has 1 N–H and O–H groups in total. The fourth-order valence-electron chi connectivity index (χ4n) is 2.34. The van der Waals surface area contributed by atoms with E-state index >= 15 is 0 Å². The summed E-state index contributed by atoms with van der Waals surface area (Å²) in [6, 6.07) is 10.7. The van der Waals surface area contributed by atoms with Crippen LogP contribution in [-0.4, -0.2) is 33.8 Å². The number of anilines is 1. The van der Waals surface area contributed by atoms with Crippen LogP contribution in [0.4, 0.5) is 5.69 Å². The summed E-state index contributed by atoms with van der Waals surface area (Å²) in [5.74, 6) is 1.86. The maximum Gasteiger partial charge on any atom is 0.248 e. The maximum atomic E-state index is 12.2. The van der Waals surface area contributed by atoms with Crippen molar-refractivity contribution in [1.29, 1.82) is 0 Å². The first-order valence-electron chi connectivity index (χ1n) is 8.24. The van der Waals surface area contributed by atoms with Crippen LogP contribution in [0.5, 0.6) is 23.0 Å². The molecule has 0 heterocycles. The number of nitrogens with one attached hydrogen (secondary N) is 1. The van der Waals surface area contributed by atoms with Crippen molar-refractivity contribution in [3.05, 3.63) is 60.7 Å². The Labute approximate surface area is 159 Å². The lowest BCUT2D eigenvalue weighted by Gasteiger charge is -2.14. The highest BCUT2D eigenvalue weighted by atomic mass is 16.5. The number of hydrogen-bond acceptors (Lipinski definition) is 5. The standard InChI is InChI=1S/C21H23NO5/c1-5-12-27-17-9-6-15(7-10-17)8-11-20(23)22-16-13-18(24-2)21(26-4)19(14-16)25-3/h5-11,13-14H,1,12H2,2-4H3,(H,22,23)/b11-8+. The third-order valence-electron chi connectivity index (χ3n) is 3.61. The van der Waals surface area contributed by atoms with Crippen molar-refractivity contribution >= 4 is 17.7 Å². The van der Waals surface area contributed by atoms with Gasteiger partial charge in [-0.2, -0.15) is 0 Å². The van der Waals surface area contributed by atoms with E-state index in [0.29, 0.717) is 29.5 Å². The highest BCUT2D eigenvalue weighted by Gasteiger charge is 2.13. The van der Waals surface area contributed by atoms with Gasteiger partial charge < -0.3 is 24.3 Å². The van der Waals surface area contributed by atoms with Crippen LogP contribution in [0, 0.1) is 0 Å². The second-order valence-corrected chi connectivity index (χ2v) is 5.41. The van der Waals surface area contributed by atoms with E-state index in [0.717, 1.165) is 11.3 Å². The molecule has 0 saturated heterocycles. The molecule has 1 amide bonds. The normalized spacial score (nSPS) is 10.3. The molecule has 0 spiro atoms. The van der Waals surface area contributed by atoms with Gasteiger partial charge in [0.25, 0.3) is 0 Å². The monoisotopic (exact) mass is 369 g/mol. The van der Waals surface area contributed by atoms with Crippen molar-refractivity contribution in [3.63, 3.8) is 0 Å². The summed E-state index contributed by atoms with van der Waals surface area (Å²) >= 11 is 0. The quantitative estimate of drug-likeness (QED) is 0.536. The van der Waals surface area contributed by atoms with Gasteiger partial charge in [0.2, 0.25) is 11.7 Å². The summed E-state index contributed by atoms with van der Waals surface area (Å²) in [7, 11) is 4.56. The Morgan fingerprint density at radius 3 is 2.19 bits per heavy atom.